The predicted molar refractivity (Wildman–Crippen MR) is 54.3 cm³/mol. The van der Waals surface area contributed by atoms with Crippen molar-refractivity contribution in [3.05, 3.63) is 35.3 Å². The molecular formula is C11H9FN2O. The van der Waals surface area contributed by atoms with Crippen molar-refractivity contribution in [1.82, 2.24) is 10.3 Å². The van der Waals surface area contributed by atoms with E-state index in [9.17, 15) is 9.18 Å². The maximum Gasteiger partial charge on any atom is 0.268 e. The highest BCUT2D eigenvalue weighted by Gasteiger charge is 2.21. The number of nitrogens with one attached hydrogen (secondary N) is 2. The first-order valence-corrected chi connectivity index (χ1v) is 4.84. The summed E-state index contributed by atoms with van der Waals surface area (Å²) in [7, 11) is 0. The normalized spacial score (nSPS) is 15.1. The summed E-state index contributed by atoms with van der Waals surface area (Å²) in [6.45, 7) is 0.649. The molecule has 0 spiro atoms. The lowest BCUT2D eigenvalue weighted by atomic mass is 10.0. The van der Waals surface area contributed by atoms with E-state index in [1.54, 1.807) is 6.07 Å². The Morgan fingerprint density at radius 3 is 3.07 bits per heavy atom. The summed E-state index contributed by atoms with van der Waals surface area (Å²) in [5.41, 5.74) is 2.26. The maximum absolute atomic E-state index is 13.0. The third-order valence-corrected chi connectivity index (χ3v) is 2.76. The quantitative estimate of drug-likeness (QED) is 0.672. The molecule has 15 heavy (non-hydrogen) atoms. The molecular weight excluding hydrogens is 195 g/mol. The van der Waals surface area contributed by atoms with Crippen LogP contribution in [0.2, 0.25) is 0 Å². The van der Waals surface area contributed by atoms with Crippen molar-refractivity contribution in [1.29, 1.82) is 0 Å². The van der Waals surface area contributed by atoms with Gasteiger partial charge in [-0.1, -0.05) is 0 Å². The maximum atomic E-state index is 13.0. The average molecular weight is 204 g/mol. The van der Waals surface area contributed by atoms with Gasteiger partial charge >= 0.3 is 0 Å². The lowest BCUT2D eigenvalue weighted by molar-refractivity contribution is 0.0942. The Labute approximate surface area is 85.3 Å². The Kier molecular flexibility index (Phi) is 1.59. The van der Waals surface area contributed by atoms with Gasteiger partial charge in [0.05, 0.1) is 0 Å². The number of benzene rings is 1. The fourth-order valence-corrected chi connectivity index (χ4v) is 2.07. The van der Waals surface area contributed by atoms with Crippen molar-refractivity contribution in [2.75, 3.05) is 6.54 Å². The van der Waals surface area contributed by atoms with E-state index in [4.69, 9.17) is 0 Å². The minimum absolute atomic E-state index is 0.104. The second-order valence-corrected chi connectivity index (χ2v) is 3.67. The molecule has 76 valence electrons. The lowest BCUT2D eigenvalue weighted by Gasteiger charge is -2.11. The number of fused-ring (bicyclic) bond motifs is 3. The molecule has 0 atom stereocenters. The van der Waals surface area contributed by atoms with Gasteiger partial charge in [0.1, 0.15) is 11.5 Å². The average Bonchev–Trinajstić information content (AvgIpc) is 2.57. The third-order valence-electron chi connectivity index (χ3n) is 2.76. The van der Waals surface area contributed by atoms with E-state index in [1.165, 1.54) is 12.1 Å². The molecule has 2 heterocycles. The van der Waals surface area contributed by atoms with E-state index in [1.807, 2.05) is 0 Å². The van der Waals surface area contributed by atoms with E-state index in [-0.39, 0.29) is 11.7 Å². The van der Waals surface area contributed by atoms with Crippen LogP contribution in [-0.2, 0) is 6.42 Å². The number of carbonyl (C=O) groups excluding carboxylic acids is 1. The summed E-state index contributed by atoms with van der Waals surface area (Å²) in [5.74, 6) is -0.394. The Balaban J connectivity index is 2.35. The van der Waals surface area contributed by atoms with Crippen LogP contribution in [0.5, 0.6) is 0 Å². The van der Waals surface area contributed by atoms with Crippen LogP contribution in [0.3, 0.4) is 0 Å². The fourth-order valence-electron chi connectivity index (χ4n) is 2.07. The molecule has 2 N–H and O–H groups in total. The molecule has 1 aliphatic heterocycles. The zero-order valence-corrected chi connectivity index (χ0v) is 7.93. The molecule has 0 fully saturated rings. The van der Waals surface area contributed by atoms with Gasteiger partial charge in [0.15, 0.2) is 0 Å². The van der Waals surface area contributed by atoms with Crippen LogP contribution in [0.15, 0.2) is 18.2 Å². The van der Waals surface area contributed by atoms with Crippen LogP contribution in [0.4, 0.5) is 4.39 Å². The molecule has 3 rings (SSSR count). The minimum atomic E-state index is -0.290. The Hall–Kier alpha value is -1.84. The highest BCUT2D eigenvalue weighted by atomic mass is 19.1. The van der Waals surface area contributed by atoms with Crippen LogP contribution in [0.25, 0.3) is 10.9 Å². The second kappa shape index (κ2) is 2.82. The van der Waals surface area contributed by atoms with Crippen molar-refractivity contribution < 1.29 is 9.18 Å². The highest BCUT2D eigenvalue weighted by Crippen LogP contribution is 2.25. The summed E-state index contributed by atoms with van der Waals surface area (Å²) in [4.78, 5) is 14.5. The molecule has 4 heteroatoms. The van der Waals surface area contributed by atoms with E-state index in [2.05, 4.69) is 10.3 Å². The van der Waals surface area contributed by atoms with Crippen LogP contribution in [-0.4, -0.2) is 17.4 Å². The first-order valence-electron chi connectivity index (χ1n) is 4.84. The highest BCUT2D eigenvalue weighted by molar-refractivity contribution is 6.02. The van der Waals surface area contributed by atoms with Gasteiger partial charge in [-0.3, -0.25) is 4.79 Å². The van der Waals surface area contributed by atoms with E-state index in [0.29, 0.717) is 17.8 Å². The van der Waals surface area contributed by atoms with E-state index < -0.39 is 0 Å². The zero-order chi connectivity index (χ0) is 10.4. The van der Waals surface area contributed by atoms with Gasteiger partial charge in [0.2, 0.25) is 0 Å². The summed E-state index contributed by atoms with van der Waals surface area (Å²) < 4.78 is 13.0. The van der Waals surface area contributed by atoms with Crippen molar-refractivity contribution in [3.63, 3.8) is 0 Å². The van der Waals surface area contributed by atoms with Crippen LogP contribution in [0, 0.1) is 5.82 Å². The largest absolute Gasteiger partial charge is 0.350 e. The van der Waals surface area contributed by atoms with Crippen molar-refractivity contribution in [3.8, 4) is 0 Å². The Bertz CT molecular complexity index is 559. The van der Waals surface area contributed by atoms with Gasteiger partial charge in [0, 0.05) is 17.4 Å². The molecule has 1 amide bonds. The number of hydrogen-bond acceptors (Lipinski definition) is 1. The lowest BCUT2D eigenvalue weighted by Crippen LogP contribution is -2.31. The van der Waals surface area contributed by atoms with Crippen molar-refractivity contribution in [2.45, 2.75) is 6.42 Å². The summed E-state index contributed by atoms with van der Waals surface area (Å²) in [5, 5.41) is 3.70. The fraction of sp³-hybridized carbons (Fsp3) is 0.182. The number of amides is 1. The summed E-state index contributed by atoms with van der Waals surface area (Å²) in [6, 6.07) is 4.56. The molecule has 1 aromatic carbocycles. The summed E-state index contributed by atoms with van der Waals surface area (Å²) >= 11 is 0. The number of aromatic amines is 1. The molecule has 0 radical (unpaired) electrons. The Morgan fingerprint density at radius 1 is 1.33 bits per heavy atom. The number of H-pyrrole nitrogens is 1. The molecule has 3 nitrogen and oxygen atoms in total. The molecule has 0 bridgehead atoms. The minimum Gasteiger partial charge on any atom is -0.350 e. The molecule has 1 aromatic heterocycles. The molecule has 0 saturated carbocycles. The van der Waals surface area contributed by atoms with Crippen LogP contribution < -0.4 is 5.32 Å². The first kappa shape index (κ1) is 8.47. The SMILES string of the molecule is O=C1NCCc2c1[nH]c1cc(F)ccc21. The molecule has 0 saturated heterocycles. The van der Waals surface area contributed by atoms with Gasteiger partial charge in [-0.2, -0.15) is 0 Å². The van der Waals surface area contributed by atoms with Gasteiger partial charge in [0.25, 0.3) is 5.91 Å². The van der Waals surface area contributed by atoms with Crippen LogP contribution in [0.1, 0.15) is 16.1 Å². The van der Waals surface area contributed by atoms with E-state index in [0.717, 1.165) is 17.4 Å². The Morgan fingerprint density at radius 2 is 2.20 bits per heavy atom. The molecule has 0 unspecified atom stereocenters. The van der Waals surface area contributed by atoms with Crippen LogP contribution >= 0.6 is 0 Å². The molecule has 1 aliphatic rings. The van der Waals surface area contributed by atoms with E-state index >= 15 is 0 Å². The van der Waals surface area contributed by atoms with Crippen molar-refractivity contribution >= 4 is 16.8 Å². The number of carbonyl (C=O) groups is 1. The van der Waals surface area contributed by atoms with Gasteiger partial charge in [-0.25, -0.2) is 4.39 Å². The summed E-state index contributed by atoms with van der Waals surface area (Å²) in [6.07, 6.45) is 0.798. The van der Waals surface area contributed by atoms with Crippen molar-refractivity contribution in [2.24, 2.45) is 0 Å². The number of hydrogen-bond donors (Lipinski definition) is 2. The zero-order valence-electron chi connectivity index (χ0n) is 7.93. The third kappa shape index (κ3) is 1.14. The molecule has 2 aromatic rings. The standard InChI is InChI=1S/C11H9FN2O/c12-6-1-2-7-8-3-4-13-11(15)10(8)14-9(7)5-6/h1-2,5,14H,3-4H2,(H,13,15). The number of rotatable bonds is 0. The molecule has 0 aliphatic carbocycles. The predicted octanol–water partition coefficient (Wildman–Crippen LogP) is 1.59. The number of aromatic nitrogens is 1. The number of halogens is 1. The second-order valence-electron chi connectivity index (χ2n) is 3.67. The van der Waals surface area contributed by atoms with Gasteiger partial charge in [-0.05, 0) is 30.2 Å². The monoisotopic (exact) mass is 204 g/mol. The topological polar surface area (TPSA) is 44.9 Å². The van der Waals surface area contributed by atoms with Gasteiger partial charge in [-0.15, -0.1) is 0 Å². The van der Waals surface area contributed by atoms with Gasteiger partial charge < -0.3 is 10.3 Å². The smallest absolute Gasteiger partial charge is 0.268 e. The first-order chi connectivity index (χ1) is 7.25.